The monoisotopic (exact) mass is 238 g/mol. The van der Waals surface area contributed by atoms with Crippen LogP contribution >= 0.6 is 0 Å². The molecular weight excluding hydrogens is 224 g/mol. The van der Waals surface area contributed by atoms with Crippen LogP contribution in [0, 0.1) is 5.41 Å². The lowest BCUT2D eigenvalue weighted by molar-refractivity contribution is -0.146. The van der Waals surface area contributed by atoms with Crippen molar-refractivity contribution in [2.75, 3.05) is 6.79 Å². The number of aromatic hydroxyl groups is 1. The third kappa shape index (κ3) is 2.13. The summed E-state index contributed by atoms with van der Waals surface area (Å²) in [6.07, 6.45) is 0.266. The highest BCUT2D eigenvalue weighted by Gasteiger charge is 2.31. The van der Waals surface area contributed by atoms with E-state index in [2.05, 4.69) is 0 Å². The summed E-state index contributed by atoms with van der Waals surface area (Å²) in [6.45, 7) is 3.35. The lowest BCUT2D eigenvalue weighted by Crippen LogP contribution is -2.26. The van der Waals surface area contributed by atoms with E-state index in [0.717, 1.165) is 0 Å². The topological polar surface area (TPSA) is 76.0 Å². The quantitative estimate of drug-likeness (QED) is 0.839. The normalized spacial score (nSPS) is 13.8. The van der Waals surface area contributed by atoms with Gasteiger partial charge in [-0.3, -0.25) is 4.79 Å². The lowest BCUT2D eigenvalue weighted by atomic mass is 9.85. The molecule has 0 spiro atoms. The molecule has 2 N–H and O–H groups in total. The van der Waals surface area contributed by atoms with Gasteiger partial charge in [-0.05, 0) is 26.3 Å². The second kappa shape index (κ2) is 3.84. The Kier molecular flexibility index (Phi) is 2.61. The smallest absolute Gasteiger partial charge is 0.309 e. The Morgan fingerprint density at radius 3 is 2.76 bits per heavy atom. The van der Waals surface area contributed by atoms with Crippen molar-refractivity contribution in [2.45, 2.75) is 20.3 Å². The van der Waals surface area contributed by atoms with Crippen molar-refractivity contribution in [3.05, 3.63) is 17.7 Å². The predicted molar refractivity (Wildman–Crippen MR) is 59.4 cm³/mol. The molecule has 0 atom stereocenters. The number of ether oxygens (including phenoxy) is 2. The molecule has 5 nitrogen and oxygen atoms in total. The second-order valence-corrected chi connectivity index (χ2v) is 4.70. The zero-order valence-electron chi connectivity index (χ0n) is 9.69. The van der Waals surface area contributed by atoms with Crippen molar-refractivity contribution in [1.29, 1.82) is 0 Å². The van der Waals surface area contributed by atoms with E-state index in [1.54, 1.807) is 13.8 Å². The molecule has 0 unspecified atom stereocenters. The molecule has 0 bridgehead atoms. The van der Waals surface area contributed by atoms with Crippen molar-refractivity contribution in [1.82, 2.24) is 0 Å². The summed E-state index contributed by atoms with van der Waals surface area (Å²) < 4.78 is 10.4. The molecule has 0 fully saturated rings. The molecular formula is C12H14O5. The molecule has 92 valence electrons. The molecule has 0 aliphatic carbocycles. The van der Waals surface area contributed by atoms with Gasteiger partial charge in [-0.15, -0.1) is 0 Å². The number of carboxylic acids is 1. The fraction of sp³-hybridized carbons (Fsp3) is 0.417. The summed E-state index contributed by atoms with van der Waals surface area (Å²) >= 11 is 0. The summed E-state index contributed by atoms with van der Waals surface area (Å²) in [7, 11) is 0. The van der Waals surface area contributed by atoms with Gasteiger partial charge in [0.15, 0.2) is 11.5 Å². The minimum Gasteiger partial charge on any atom is -0.508 e. The van der Waals surface area contributed by atoms with E-state index in [1.165, 1.54) is 12.1 Å². The van der Waals surface area contributed by atoms with Gasteiger partial charge in [-0.1, -0.05) is 0 Å². The fourth-order valence-corrected chi connectivity index (χ4v) is 1.75. The van der Waals surface area contributed by atoms with Gasteiger partial charge in [0.25, 0.3) is 0 Å². The largest absolute Gasteiger partial charge is 0.508 e. The van der Waals surface area contributed by atoms with Crippen LogP contribution in [0.2, 0.25) is 0 Å². The number of hydrogen-bond donors (Lipinski definition) is 2. The number of benzene rings is 1. The van der Waals surface area contributed by atoms with Gasteiger partial charge in [0, 0.05) is 11.6 Å². The third-order valence-electron chi connectivity index (χ3n) is 2.75. The lowest BCUT2D eigenvalue weighted by Gasteiger charge is -2.19. The minimum atomic E-state index is -0.923. The van der Waals surface area contributed by atoms with E-state index in [4.69, 9.17) is 14.6 Å². The maximum atomic E-state index is 11.1. The third-order valence-corrected chi connectivity index (χ3v) is 2.75. The van der Waals surface area contributed by atoms with Crippen LogP contribution in [0.1, 0.15) is 19.4 Å². The second-order valence-electron chi connectivity index (χ2n) is 4.70. The highest BCUT2D eigenvalue weighted by molar-refractivity contribution is 5.74. The number of carboxylic acid groups (broad SMARTS) is 1. The van der Waals surface area contributed by atoms with E-state index < -0.39 is 11.4 Å². The zero-order valence-corrected chi connectivity index (χ0v) is 9.69. The molecule has 0 saturated carbocycles. The number of rotatable bonds is 3. The number of aliphatic carboxylic acids is 1. The molecule has 5 heteroatoms. The maximum Gasteiger partial charge on any atom is 0.309 e. The van der Waals surface area contributed by atoms with Crippen molar-refractivity contribution in [3.63, 3.8) is 0 Å². The van der Waals surface area contributed by atoms with E-state index in [1.807, 2.05) is 0 Å². The average molecular weight is 238 g/mol. The Hall–Kier alpha value is -1.91. The molecule has 1 aliphatic heterocycles. The summed E-state index contributed by atoms with van der Waals surface area (Å²) in [5.74, 6) is 0.136. The molecule has 0 radical (unpaired) electrons. The first kappa shape index (κ1) is 11.6. The number of fused-ring (bicyclic) bond motifs is 1. The highest BCUT2D eigenvalue weighted by Crippen LogP contribution is 2.41. The Bertz CT molecular complexity index is 464. The average Bonchev–Trinajstić information content (AvgIpc) is 2.64. The first-order chi connectivity index (χ1) is 7.90. The van der Waals surface area contributed by atoms with Gasteiger partial charge in [0.2, 0.25) is 6.79 Å². The van der Waals surface area contributed by atoms with Crippen molar-refractivity contribution in [2.24, 2.45) is 5.41 Å². The molecule has 17 heavy (non-hydrogen) atoms. The van der Waals surface area contributed by atoms with Gasteiger partial charge in [0.1, 0.15) is 5.75 Å². The van der Waals surface area contributed by atoms with Crippen LogP contribution in [0.4, 0.5) is 0 Å². The first-order valence-electron chi connectivity index (χ1n) is 5.25. The van der Waals surface area contributed by atoms with Crippen molar-refractivity contribution < 1.29 is 24.5 Å². The van der Waals surface area contributed by atoms with E-state index >= 15 is 0 Å². The van der Waals surface area contributed by atoms with Crippen LogP contribution in [-0.4, -0.2) is 23.0 Å². The van der Waals surface area contributed by atoms with Gasteiger partial charge >= 0.3 is 5.97 Å². The highest BCUT2D eigenvalue weighted by atomic mass is 16.7. The van der Waals surface area contributed by atoms with Crippen LogP contribution in [-0.2, 0) is 11.2 Å². The van der Waals surface area contributed by atoms with Gasteiger partial charge in [0.05, 0.1) is 5.41 Å². The molecule has 1 heterocycles. The standard InChI is InChI=1S/C12H14O5/c1-12(2,11(14)15)5-7-3-8(13)4-9-10(7)17-6-16-9/h3-4,13H,5-6H2,1-2H3,(H,14,15). The van der Waals surface area contributed by atoms with E-state index in [-0.39, 0.29) is 19.0 Å². The maximum absolute atomic E-state index is 11.1. The zero-order chi connectivity index (χ0) is 12.6. The first-order valence-corrected chi connectivity index (χ1v) is 5.25. The Morgan fingerprint density at radius 1 is 1.41 bits per heavy atom. The van der Waals surface area contributed by atoms with Gasteiger partial charge in [-0.25, -0.2) is 0 Å². The number of phenolic OH excluding ortho intramolecular Hbond substituents is 1. The fourth-order valence-electron chi connectivity index (χ4n) is 1.75. The Labute approximate surface area is 98.6 Å². The molecule has 1 aromatic carbocycles. The van der Waals surface area contributed by atoms with Gasteiger partial charge in [-0.2, -0.15) is 0 Å². The molecule has 0 amide bonds. The molecule has 0 saturated heterocycles. The molecule has 0 aromatic heterocycles. The number of carbonyl (C=O) groups is 1. The van der Waals surface area contributed by atoms with Crippen LogP contribution in [0.25, 0.3) is 0 Å². The molecule has 1 aromatic rings. The van der Waals surface area contributed by atoms with Crippen LogP contribution in [0.15, 0.2) is 12.1 Å². The molecule has 2 rings (SSSR count). The van der Waals surface area contributed by atoms with E-state index in [9.17, 15) is 9.90 Å². The summed E-state index contributed by atoms with van der Waals surface area (Å²) in [5.41, 5.74) is -0.280. The Balaban J connectivity index is 2.37. The summed E-state index contributed by atoms with van der Waals surface area (Å²) in [4.78, 5) is 11.1. The van der Waals surface area contributed by atoms with E-state index in [0.29, 0.717) is 17.1 Å². The predicted octanol–water partition coefficient (Wildman–Crippen LogP) is 1.77. The summed E-state index contributed by atoms with van der Waals surface area (Å²) in [6, 6.07) is 2.97. The van der Waals surface area contributed by atoms with Crippen LogP contribution < -0.4 is 9.47 Å². The summed E-state index contributed by atoms with van der Waals surface area (Å²) in [5, 5.41) is 18.6. The van der Waals surface area contributed by atoms with Gasteiger partial charge < -0.3 is 19.7 Å². The Morgan fingerprint density at radius 2 is 2.12 bits per heavy atom. The molecule has 1 aliphatic rings. The van der Waals surface area contributed by atoms with Crippen molar-refractivity contribution >= 4 is 5.97 Å². The number of phenols is 1. The van der Waals surface area contributed by atoms with Crippen LogP contribution in [0.3, 0.4) is 0 Å². The SMILES string of the molecule is CC(C)(Cc1cc(O)cc2c1OCO2)C(=O)O. The van der Waals surface area contributed by atoms with Crippen LogP contribution in [0.5, 0.6) is 17.2 Å². The number of hydrogen-bond acceptors (Lipinski definition) is 4. The minimum absolute atomic E-state index is 0.0467. The van der Waals surface area contributed by atoms with Crippen molar-refractivity contribution in [3.8, 4) is 17.2 Å².